The van der Waals surface area contributed by atoms with Gasteiger partial charge in [0.25, 0.3) is 0 Å². The standard InChI is InChI=1S/C19H19NOS.ClH/c1-2-5-16(6-3-1)21-18-12-14-8-9-20-13-15(14)11-17(18)19-7-4-10-22-19;/h4,7-13,16H,1-3,5-6H2;1H. The van der Waals surface area contributed by atoms with Gasteiger partial charge in [0.1, 0.15) is 5.75 Å². The fraction of sp³-hybridized carbons (Fsp3) is 0.316. The van der Waals surface area contributed by atoms with Crippen molar-refractivity contribution >= 4 is 34.5 Å². The lowest BCUT2D eigenvalue weighted by Gasteiger charge is -2.24. The summed E-state index contributed by atoms with van der Waals surface area (Å²) >= 11 is 1.76. The molecular formula is C19H20ClNOS. The number of hydrogen-bond donors (Lipinski definition) is 0. The van der Waals surface area contributed by atoms with Crippen LogP contribution in [0.4, 0.5) is 0 Å². The molecule has 0 N–H and O–H groups in total. The minimum atomic E-state index is 0. The van der Waals surface area contributed by atoms with Crippen LogP contribution < -0.4 is 4.74 Å². The summed E-state index contributed by atoms with van der Waals surface area (Å²) in [5, 5.41) is 4.48. The largest absolute Gasteiger partial charge is 0.490 e. The summed E-state index contributed by atoms with van der Waals surface area (Å²) in [5.74, 6) is 1.02. The average molecular weight is 346 g/mol. The lowest BCUT2D eigenvalue weighted by atomic mass is 9.97. The highest BCUT2D eigenvalue weighted by molar-refractivity contribution is 7.13. The van der Waals surface area contributed by atoms with Crippen LogP contribution >= 0.6 is 23.7 Å². The van der Waals surface area contributed by atoms with Gasteiger partial charge in [0.15, 0.2) is 0 Å². The summed E-state index contributed by atoms with van der Waals surface area (Å²) in [6.45, 7) is 0. The molecule has 3 aromatic rings. The summed E-state index contributed by atoms with van der Waals surface area (Å²) in [5.41, 5.74) is 1.20. The lowest BCUT2D eigenvalue weighted by molar-refractivity contribution is 0.156. The Morgan fingerprint density at radius 1 is 1.04 bits per heavy atom. The first-order valence-corrected chi connectivity index (χ1v) is 8.86. The summed E-state index contributed by atoms with van der Waals surface area (Å²) in [4.78, 5) is 5.50. The highest BCUT2D eigenvalue weighted by atomic mass is 35.5. The second kappa shape index (κ2) is 7.33. The van der Waals surface area contributed by atoms with Gasteiger partial charge in [-0.2, -0.15) is 0 Å². The Bertz CT molecular complexity index is 766. The van der Waals surface area contributed by atoms with Crippen LogP contribution in [0.5, 0.6) is 5.75 Å². The molecule has 0 saturated heterocycles. The molecule has 23 heavy (non-hydrogen) atoms. The van der Waals surface area contributed by atoms with E-state index in [4.69, 9.17) is 4.74 Å². The predicted molar refractivity (Wildman–Crippen MR) is 99.8 cm³/mol. The van der Waals surface area contributed by atoms with Gasteiger partial charge in [-0.15, -0.1) is 23.7 Å². The number of aromatic nitrogens is 1. The third-order valence-electron chi connectivity index (χ3n) is 4.37. The lowest BCUT2D eigenvalue weighted by Crippen LogP contribution is -2.19. The van der Waals surface area contributed by atoms with Gasteiger partial charge in [0, 0.05) is 28.2 Å². The van der Waals surface area contributed by atoms with Gasteiger partial charge >= 0.3 is 0 Å². The molecule has 1 saturated carbocycles. The van der Waals surface area contributed by atoms with E-state index < -0.39 is 0 Å². The first-order chi connectivity index (χ1) is 10.9. The summed E-state index contributed by atoms with van der Waals surface area (Å²) in [6, 6.07) is 10.7. The zero-order valence-electron chi connectivity index (χ0n) is 12.9. The maximum absolute atomic E-state index is 6.40. The molecule has 1 aliphatic carbocycles. The molecule has 0 amide bonds. The smallest absolute Gasteiger partial charge is 0.129 e. The number of thiophene rings is 1. The van der Waals surface area contributed by atoms with E-state index in [9.17, 15) is 0 Å². The zero-order chi connectivity index (χ0) is 14.8. The van der Waals surface area contributed by atoms with Crippen molar-refractivity contribution < 1.29 is 4.74 Å². The van der Waals surface area contributed by atoms with Gasteiger partial charge in [-0.1, -0.05) is 12.5 Å². The van der Waals surface area contributed by atoms with E-state index in [-0.39, 0.29) is 12.4 Å². The van der Waals surface area contributed by atoms with E-state index >= 15 is 0 Å². The van der Waals surface area contributed by atoms with Crippen LogP contribution in [0, 0.1) is 0 Å². The number of nitrogens with zero attached hydrogens (tertiary/aromatic N) is 1. The highest BCUT2D eigenvalue weighted by Gasteiger charge is 2.18. The Kier molecular flexibility index (Phi) is 5.19. The third kappa shape index (κ3) is 3.51. The van der Waals surface area contributed by atoms with Crippen LogP contribution in [0.3, 0.4) is 0 Å². The van der Waals surface area contributed by atoms with E-state index in [0.717, 1.165) is 5.75 Å². The van der Waals surface area contributed by atoms with Crippen molar-refractivity contribution in [3.05, 3.63) is 48.1 Å². The summed E-state index contributed by atoms with van der Waals surface area (Å²) in [7, 11) is 0. The topological polar surface area (TPSA) is 22.1 Å². The molecule has 1 aliphatic rings. The second-order valence-corrected chi connectivity index (χ2v) is 6.87. The Labute approximate surface area is 146 Å². The first kappa shape index (κ1) is 16.3. The van der Waals surface area contributed by atoms with Gasteiger partial charge in [0.05, 0.1) is 6.10 Å². The molecule has 0 spiro atoms. The SMILES string of the molecule is Cl.c1csc(-c2cc3cnccc3cc2OC2CCCCC2)c1. The number of ether oxygens (including phenoxy) is 1. The van der Waals surface area contributed by atoms with Gasteiger partial charge in [0.2, 0.25) is 0 Å². The Morgan fingerprint density at radius 3 is 2.70 bits per heavy atom. The van der Waals surface area contributed by atoms with Crippen molar-refractivity contribution in [2.75, 3.05) is 0 Å². The molecule has 2 heterocycles. The normalized spacial score (nSPS) is 15.3. The molecule has 120 valence electrons. The molecule has 4 rings (SSSR count). The fourth-order valence-electron chi connectivity index (χ4n) is 3.20. The van der Waals surface area contributed by atoms with E-state index in [0.29, 0.717) is 6.10 Å². The van der Waals surface area contributed by atoms with E-state index in [2.05, 4.69) is 40.7 Å². The monoisotopic (exact) mass is 345 g/mol. The first-order valence-electron chi connectivity index (χ1n) is 7.98. The molecule has 0 atom stereocenters. The third-order valence-corrected chi connectivity index (χ3v) is 5.27. The van der Waals surface area contributed by atoms with Crippen LogP contribution in [0.2, 0.25) is 0 Å². The molecule has 2 nitrogen and oxygen atoms in total. The maximum atomic E-state index is 6.40. The summed E-state index contributed by atoms with van der Waals surface area (Å²) < 4.78 is 6.40. The van der Waals surface area contributed by atoms with Crippen LogP contribution in [0.15, 0.2) is 48.1 Å². The molecule has 1 fully saturated rings. The Morgan fingerprint density at radius 2 is 1.91 bits per heavy atom. The Hall–Kier alpha value is -1.58. The predicted octanol–water partition coefficient (Wildman–Crippen LogP) is 6.10. The van der Waals surface area contributed by atoms with Gasteiger partial charge in [-0.25, -0.2) is 0 Å². The van der Waals surface area contributed by atoms with E-state index in [1.54, 1.807) is 11.3 Å². The van der Waals surface area contributed by atoms with Crippen molar-refractivity contribution in [1.82, 2.24) is 4.98 Å². The van der Waals surface area contributed by atoms with Gasteiger partial charge in [-0.05, 0) is 60.7 Å². The molecule has 0 radical (unpaired) electrons. The van der Waals surface area contributed by atoms with Crippen LogP contribution in [0.25, 0.3) is 21.2 Å². The van der Waals surface area contributed by atoms with Crippen molar-refractivity contribution in [1.29, 1.82) is 0 Å². The van der Waals surface area contributed by atoms with Crippen molar-refractivity contribution in [3.63, 3.8) is 0 Å². The maximum Gasteiger partial charge on any atom is 0.129 e. The number of hydrogen-bond acceptors (Lipinski definition) is 3. The number of pyridine rings is 1. The van der Waals surface area contributed by atoms with Crippen molar-refractivity contribution in [2.45, 2.75) is 38.2 Å². The van der Waals surface area contributed by atoms with E-state index in [1.165, 1.54) is 53.3 Å². The van der Waals surface area contributed by atoms with Gasteiger partial charge < -0.3 is 4.74 Å². The number of rotatable bonds is 3. The van der Waals surface area contributed by atoms with Crippen LogP contribution in [-0.4, -0.2) is 11.1 Å². The fourth-order valence-corrected chi connectivity index (χ4v) is 3.95. The molecule has 1 aromatic carbocycles. The molecule has 0 aliphatic heterocycles. The quantitative estimate of drug-likeness (QED) is 0.572. The second-order valence-electron chi connectivity index (χ2n) is 5.93. The number of fused-ring (bicyclic) bond motifs is 1. The minimum Gasteiger partial charge on any atom is -0.490 e. The molecule has 0 bridgehead atoms. The van der Waals surface area contributed by atoms with Crippen LogP contribution in [-0.2, 0) is 0 Å². The number of halogens is 1. The molecular weight excluding hydrogens is 326 g/mol. The van der Waals surface area contributed by atoms with Crippen molar-refractivity contribution in [3.8, 4) is 16.2 Å². The van der Waals surface area contributed by atoms with Crippen molar-refractivity contribution in [2.24, 2.45) is 0 Å². The molecule has 2 aromatic heterocycles. The minimum absolute atomic E-state index is 0. The summed E-state index contributed by atoms with van der Waals surface area (Å²) in [6.07, 6.45) is 10.4. The van der Waals surface area contributed by atoms with Crippen LogP contribution in [0.1, 0.15) is 32.1 Å². The van der Waals surface area contributed by atoms with Gasteiger partial charge in [-0.3, -0.25) is 4.98 Å². The highest BCUT2D eigenvalue weighted by Crippen LogP contribution is 2.38. The number of benzene rings is 1. The van der Waals surface area contributed by atoms with E-state index in [1.807, 2.05) is 12.4 Å². The average Bonchev–Trinajstić information content (AvgIpc) is 3.09. The zero-order valence-corrected chi connectivity index (χ0v) is 14.5. The molecule has 0 unspecified atom stereocenters. The Balaban J connectivity index is 0.00000156. The molecule has 4 heteroatoms.